The Bertz CT molecular complexity index is 819. The third kappa shape index (κ3) is 2.18. The molecule has 0 aliphatic rings. The van der Waals surface area contributed by atoms with Gasteiger partial charge in [-0.2, -0.15) is 5.10 Å². The molecule has 0 saturated carbocycles. The first-order valence-electron chi connectivity index (χ1n) is 6.39. The number of hydrogen-bond donors (Lipinski definition) is 0. The maximum Gasteiger partial charge on any atom is 0.341 e. The van der Waals surface area contributed by atoms with Crippen molar-refractivity contribution in [1.82, 2.24) is 19.2 Å². The summed E-state index contributed by atoms with van der Waals surface area (Å²) in [4.78, 5) is 27.3. The summed E-state index contributed by atoms with van der Waals surface area (Å²) < 4.78 is 7.96. The van der Waals surface area contributed by atoms with Crippen LogP contribution in [0.2, 0.25) is 0 Å². The van der Waals surface area contributed by atoms with Gasteiger partial charge in [0.25, 0.3) is 0 Å². The third-order valence-electron chi connectivity index (χ3n) is 2.97. The molecule has 0 amide bonds. The maximum atomic E-state index is 11.6. The highest BCUT2D eigenvalue weighted by Gasteiger charge is 2.16. The molecule has 3 aromatic rings. The molecular formula is C14H12N4O3. The molecule has 21 heavy (non-hydrogen) atoms. The summed E-state index contributed by atoms with van der Waals surface area (Å²) in [6.45, 7) is 2.02. The zero-order chi connectivity index (χ0) is 14.8. The van der Waals surface area contributed by atoms with Crippen molar-refractivity contribution in [3.8, 4) is 5.82 Å². The third-order valence-corrected chi connectivity index (χ3v) is 2.97. The second-order valence-electron chi connectivity index (χ2n) is 4.26. The SMILES string of the molecule is CCOC(=O)c1cnn(-c2nc3ccccn3c2C=O)c1. The van der Waals surface area contributed by atoms with Gasteiger partial charge in [-0.05, 0) is 19.1 Å². The van der Waals surface area contributed by atoms with Gasteiger partial charge >= 0.3 is 5.97 Å². The Labute approximate surface area is 119 Å². The molecule has 106 valence electrons. The van der Waals surface area contributed by atoms with Gasteiger partial charge in [0.2, 0.25) is 0 Å². The number of pyridine rings is 1. The molecule has 3 rings (SSSR count). The van der Waals surface area contributed by atoms with Gasteiger partial charge in [-0.25, -0.2) is 14.5 Å². The van der Waals surface area contributed by atoms with E-state index in [1.165, 1.54) is 17.1 Å². The number of esters is 1. The lowest BCUT2D eigenvalue weighted by molar-refractivity contribution is 0.0526. The van der Waals surface area contributed by atoms with Crippen LogP contribution in [0.4, 0.5) is 0 Å². The molecule has 7 heteroatoms. The normalized spacial score (nSPS) is 10.7. The number of rotatable bonds is 4. The fourth-order valence-electron chi connectivity index (χ4n) is 2.04. The maximum absolute atomic E-state index is 11.6. The number of imidazole rings is 1. The summed E-state index contributed by atoms with van der Waals surface area (Å²) >= 11 is 0. The highest BCUT2D eigenvalue weighted by atomic mass is 16.5. The van der Waals surface area contributed by atoms with Gasteiger partial charge < -0.3 is 4.74 Å². The minimum absolute atomic E-state index is 0.290. The summed E-state index contributed by atoms with van der Waals surface area (Å²) in [6, 6.07) is 5.42. The molecule has 0 aliphatic carbocycles. The highest BCUT2D eigenvalue weighted by molar-refractivity contribution is 5.89. The summed E-state index contributed by atoms with van der Waals surface area (Å²) in [5.41, 5.74) is 1.30. The molecule has 3 heterocycles. The van der Waals surface area contributed by atoms with E-state index < -0.39 is 5.97 Å². The van der Waals surface area contributed by atoms with E-state index >= 15 is 0 Å². The number of carbonyl (C=O) groups is 2. The van der Waals surface area contributed by atoms with Crippen LogP contribution in [0.3, 0.4) is 0 Å². The summed E-state index contributed by atoms with van der Waals surface area (Å²) in [7, 11) is 0. The van der Waals surface area contributed by atoms with Crippen molar-refractivity contribution < 1.29 is 14.3 Å². The topological polar surface area (TPSA) is 78.5 Å². The van der Waals surface area contributed by atoms with Gasteiger partial charge in [-0.1, -0.05) is 6.07 Å². The van der Waals surface area contributed by atoms with Gasteiger partial charge in [0.1, 0.15) is 11.3 Å². The lowest BCUT2D eigenvalue weighted by Gasteiger charge is -1.98. The molecule has 0 aliphatic heterocycles. The smallest absolute Gasteiger partial charge is 0.341 e. The largest absolute Gasteiger partial charge is 0.462 e. The number of ether oxygens (including phenoxy) is 1. The molecule has 0 atom stereocenters. The number of hydrogen-bond acceptors (Lipinski definition) is 5. The van der Waals surface area contributed by atoms with Crippen molar-refractivity contribution in [2.24, 2.45) is 0 Å². The Kier molecular flexibility index (Phi) is 3.23. The number of nitrogens with zero attached hydrogens (tertiary/aromatic N) is 4. The van der Waals surface area contributed by atoms with E-state index in [9.17, 15) is 9.59 Å². The monoisotopic (exact) mass is 284 g/mol. The van der Waals surface area contributed by atoms with E-state index in [0.29, 0.717) is 29.0 Å². The standard InChI is InChI=1S/C14H12N4O3/c1-2-21-14(20)10-7-15-18(8-10)13-11(9-19)17-6-4-3-5-12(17)16-13/h3-9H,2H2,1H3. The highest BCUT2D eigenvalue weighted by Crippen LogP contribution is 2.15. The summed E-state index contributed by atoms with van der Waals surface area (Å²) in [5.74, 6) is -0.0908. The van der Waals surface area contributed by atoms with Crippen LogP contribution in [-0.4, -0.2) is 38.0 Å². The van der Waals surface area contributed by atoms with E-state index in [1.54, 1.807) is 29.7 Å². The van der Waals surface area contributed by atoms with Crippen molar-refractivity contribution in [3.05, 3.63) is 48.0 Å². The van der Waals surface area contributed by atoms with Crippen LogP contribution < -0.4 is 0 Å². The lowest BCUT2D eigenvalue weighted by Crippen LogP contribution is -2.04. The molecule has 0 unspecified atom stereocenters. The predicted octanol–water partition coefficient (Wildman–Crippen LogP) is 1.51. The zero-order valence-corrected chi connectivity index (χ0v) is 11.3. The van der Waals surface area contributed by atoms with Gasteiger partial charge in [0.15, 0.2) is 12.1 Å². The quantitative estimate of drug-likeness (QED) is 0.536. The molecule has 0 fully saturated rings. The fraction of sp³-hybridized carbons (Fsp3) is 0.143. The number of fused-ring (bicyclic) bond motifs is 1. The van der Waals surface area contributed by atoms with Crippen molar-refractivity contribution in [1.29, 1.82) is 0 Å². The van der Waals surface area contributed by atoms with Crippen molar-refractivity contribution in [2.45, 2.75) is 6.92 Å². The van der Waals surface area contributed by atoms with Crippen LogP contribution in [0.25, 0.3) is 11.5 Å². The Hall–Kier alpha value is -2.96. The van der Waals surface area contributed by atoms with Crippen molar-refractivity contribution >= 4 is 17.9 Å². The van der Waals surface area contributed by atoms with Gasteiger partial charge in [0, 0.05) is 12.4 Å². The van der Waals surface area contributed by atoms with E-state index in [1.807, 2.05) is 6.07 Å². The summed E-state index contributed by atoms with van der Waals surface area (Å²) in [5, 5.41) is 4.07. The zero-order valence-electron chi connectivity index (χ0n) is 11.3. The predicted molar refractivity (Wildman–Crippen MR) is 73.7 cm³/mol. The molecule has 3 aromatic heterocycles. The van der Waals surface area contributed by atoms with Crippen LogP contribution in [0, 0.1) is 0 Å². The van der Waals surface area contributed by atoms with Crippen molar-refractivity contribution in [3.63, 3.8) is 0 Å². The Morgan fingerprint density at radius 1 is 1.43 bits per heavy atom. The molecule has 7 nitrogen and oxygen atoms in total. The first-order chi connectivity index (χ1) is 10.2. The molecule has 0 radical (unpaired) electrons. The van der Waals surface area contributed by atoms with Crippen LogP contribution in [0.15, 0.2) is 36.8 Å². The van der Waals surface area contributed by atoms with E-state index in [4.69, 9.17) is 4.74 Å². The molecule has 0 spiro atoms. The number of aromatic nitrogens is 4. The molecule has 0 bridgehead atoms. The van der Waals surface area contributed by atoms with Gasteiger partial charge in [0.05, 0.1) is 18.4 Å². The van der Waals surface area contributed by atoms with E-state index in [0.717, 1.165) is 0 Å². The first-order valence-corrected chi connectivity index (χ1v) is 6.39. The Balaban J connectivity index is 2.08. The molecule has 0 N–H and O–H groups in total. The lowest BCUT2D eigenvalue weighted by atomic mass is 10.4. The first kappa shape index (κ1) is 13.0. The van der Waals surface area contributed by atoms with Crippen molar-refractivity contribution in [2.75, 3.05) is 6.61 Å². The second-order valence-corrected chi connectivity index (χ2v) is 4.26. The van der Waals surface area contributed by atoms with E-state index in [2.05, 4.69) is 10.1 Å². The van der Waals surface area contributed by atoms with Gasteiger partial charge in [-0.3, -0.25) is 9.20 Å². The van der Waals surface area contributed by atoms with Crippen LogP contribution in [0.1, 0.15) is 27.8 Å². The van der Waals surface area contributed by atoms with Crippen LogP contribution in [-0.2, 0) is 4.74 Å². The summed E-state index contributed by atoms with van der Waals surface area (Å²) in [6.07, 6.45) is 5.33. The molecule has 0 aromatic carbocycles. The number of carbonyl (C=O) groups excluding carboxylic acids is 2. The fourth-order valence-corrected chi connectivity index (χ4v) is 2.04. The average molecular weight is 284 g/mol. The van der Waals surface area contributed by atoms with Gasteiger partial charge in [-0.15, -0.1) is 0 Å². The second kappa shape index (κ2) is 5.20. The minimum Gasteiger partial charge on any atom is -0.462 e. The number of aldehydes is 1. The van der Waals surface area contributed by atoms with E-state index in [-0.39, 0.29) is 6.61 Å². The average Bonchev–Trinajstić information content (AvgIpc) is 3.11. The van der Waals surface area contributed by atoms with Crippen LogP contribution >= 0.6 is 0 Å². The Morgan fingerprint density at radius 2 is 2.29 bits per heavy atom. The molecular weight excluding hydrogens is 272 g/mol. The van der Waals surface area contributed by atoms with Crippen LogP contribution in [0.5, 0.6) is 0 Å². The Morgan fingerprint density at radius 3 is 3.05 bits per heavy atom. The molecule has 0 saturated heterocycles. The minimum atomic E-state index is -0.458.